The molecule has 0 aliphatic heterocycles. The number of carbonyl (C=O) groups is 1. The van der Waals surface area contributed by atoms with E-state index in [0.717, 1.165) is 5.56 Å². The van der Waals surface area contributed by atoms with Gasteiger partial charge in [-0.1, -0.05) is 25.1 Å². The minimum absolute atomic E-state index is 0.294. The van der Waals surface area contributed by atoms with Crippen LogP contribution in [0.4, 0.5) is 4.53 Å². The summed E-state index contributed by atoms with van der Waals surface area (Å²) in [6, 6.07) is 6.78. The molecule has 1 rings (SSSR count). The highest BCUT2D eigenvalue weighted by molar-refractivity contribution is 5.90. The van der Waals surface area contributed by atoms with Crippen LogP contribution < -0.4 is 0 Å². The third-order valence-electron chi connectivity index (χ3n) is 1.69. The van der Waals surface area contributed by atoms with Gasteiger partial charge in [-0.3, -0.25) is 0 Å². The van der Waals surface area contributed by atoms with Crippen LogP contribution in [0, 0.1) is 0 Å². The van der Waals surface area contributed by atoms with Crippen molar-refractivity contribution in [1.29, 1.82) is 0 Å². The summed E-state index contributed by atoms with van der Waals surface area (Å²) in [7, 11) is 0. The van der Waals surface area contributed by atoms with Crippen molar-refractivity contribution in [2.24, 2.45) is 0 Å². The lowest BCUT2D eigenvalue weighted by Gasteiger charge is -2.01. The van der Waals surface area contributed by atoms with E-state index in [2.05, 4.69) is 4.94 Å². The van der Waals surface area contributed by atoms with Crippen LogP contribution >= 0.6 is 0 Å². The zero-order valence-electron chi connectivity index (χ0n) is 6.71. The molecule has 12 heavy (non-hydrogen) atoms. The Morgan fingerprint density at radius 2 is 2.17 bits per heavy atom. The number of aryl methyl sites for hydroxylation is 1. The molecule has 64 valence electrons. The smallest absolute Gasteiger partial charge is 0.249 e. The predicted octanol–water partition coefficient (Wildman–Crippen LogP) is 2.29. The van der Waals surface area contributed by atoms with Gasteiger partial charge < -0.3 is 0 Å². The first kappa shape index (κ1) is 8.71. The second kappa shape index (κ2) is 3.85. The summed E-state index contributed by atoms with van der Waals surface area (Å²) >= 11 is 0. The summed E-state index contributed by atoms with van der Waals surface area (Å²) in [6.07, 6.45) is 0.686. The minimum atomic E-state index is -0.924. The van der Waals surface area contributed by atoms with E-state index in [1.54, 1.807) is 24.3 Å². The van der Waals surface area contributed by atoms with E-state index in [-0.39, 0.29) is 0 Å². The van der Waals surface area contributed by atoms with Gasteiger partial charge in [-0.25, -0.2) is 9.74 Å². The summed E-state index contributed by atoms with van der Waals surface area (Å²) in [4.78, 5) is 13.9. The van der Waals surface area contributed by atoms with Crippen LogP contribution in [-0.4, -0.2) is 5.97 Å². The van der Waals surface area contributed by atoms with Crippen molar-refractivity contribution in [1.82, 2.24) is 0 Å². The first-order valence-corrected chi connectivity index (χ1v) is 3.70. The van der Waals surface area contributed by atoms with Crippen molar-refractivity contribution in [2.75, 3.05) is 0 Å². The molecule has 3 heteroatoms. The third-order valence-corrected chi connectivity index (χ3v) is 1.69. The van der Waals surface area contributed by atoms with Gasteiger partial charge in [0.2, 0.25) is 0 Å². The Bertz CT molecular complexity index is 284. The molecule has 0 radical (unpaired) electrons. The lowest BCUT2D eigenvalue weighted by atomic mass is 10.1. The molecular formula is C9H9FO2. The lowest BCUT2D eigenvalue weighted by Crippen LogP contribution is -2.02. The van der Waals surface area contributed by atoms with Crippen LogP contribution in [-0.2, 0) is 11.4 Å². The molecule has 1 aromatic carbocycles. The third kappa shape index (κ3) is 1.61. The Morgan fingerprint density at radius 3 is 2.75 bits per heavy atom. The van der Waals surface area contributed by atoms with Gasteiger partial charge in [0.25, 0.3) is 0 Å². The molecule has 0 aliphatic rings. The highest BCUT2D eigenvalue weighted by atomic mass is 19.3. The number of hydrogen-bond donors (Lipinski definition) is 0. The van der Waals surface area contributed by atoms with E-state index in [0.29, 0.717) is 12.0 Å². The summed E-state index contributed by atoms with van der Waals surface area (Å²) in [5, 5.41) is 0. The second-order valence-corrected chi connectivity index (χ2v) is 2.38. The van der Waals surface area contributed by atoms with E-state index in [1.165, 1.54) is 0 Å². The Kier molecular flexibility index (Phi) is 2.80. The molecule has 0 fully saturated rings. The highest BCUT2D eigenvalue weighted by Gasteiger charge is 2.10. The zero-order chi connectivity index (χ0) is 8.97. The molecule has 2 nitrogen and oxygen atoms in total. The van der Waals surface area contributed by atoms with Crippen molar-refractivity contribution in [3.8, 4) is 0 Å². The average Bonchev–Trinajstić information content (AvgIpc) is 2.16. The van der Waals surface area contributed by atoms with Crippen molar-refractivity contribution < 1.29 is 14.3 Å². The van der Waals surface area contributed by atoms with Gasteiger partial charge in [0.05, 0.1) is 5.56 Å². The van der Waals surface area contributed by atoms with Crippen LogP contribution in [0.2, 0.25) is 0 Å². The summed E-state index contributed by atoms with van der Waals surface area (Å²) in [6.45, 7) is 1.89. The normalized spacial score (nSPS) is 9.50. The standard InChI is InChI=1S/C9H9FO2/c1-2-7-5-3-4-6-8(7)9(11)12-10/h3-6H,2H2,1H3. The fraction of sp³-hybridized carbons (Fsp3) is 0.222. The molecule has 1 aromatic rings. The van der Waals surface area contributed by atoms with Crippen LogP contribution in [0.1, 0.15) is 22.8 Å². The van der Waals surface area contributed by atoms with Crippen molar-refractivity contribution >= 4 is 5.97 Å². The van der Waals surface area contributed by atoms with Gasteiger partial charge in [0, 0.05) is 4.53 Å². The minimum Gasteiger partial charge on any atom is -0.249 e. The van der Waals surface area contributed by atoms with Gasteiger partial charge in [-0.05, 0) is 18.1 Å². The molecule has 0 heterocycles. The summed E-state index contributed by atoms with van der Waals surface area (Å²) in [5.41, 5.74) is 1.09. The van der Waals surface area contributed by atoms with E-state index in [1.807, 2.05) is 6.92 Å². The number of carbonyl (C=O) groups excluding carboxylic acids is 1. The van der Waals surface area contributed by atoms with Crippen LogP contribution in [0.3, 0.4) is 0 Å². The van der Waals surface area contributed by atoms with Crippen molar-refractivity contribution in [3.05, 3.63) is 35.4 Å². The molecule has 0 spiro atoms. The fourth-order valence-corrected chi connectivity index (χ4v) is 1.07. The molecule has 0 saturated carbocycles. The largest absolute Gasteiger partial charge is 0.379 e. The maximum absolute atomic E-state index is 11.5. The quantitative estimate of drug-likeness (QED) is 0.677. The second-order valence-electron chi connectivity index (χ2n) is 2.38. The monoisotopic (exact) mass is 168 g/mol. The molecule has 0 aliphatic carbocycles. The Morgan fingerprint density at radius 1 is 1.50 bits per heavy atom. The lowest BCUT2D eigenvalue weighted by molar-refractivity contribution is -0.0788. The van der Waals surface area contributed by atoms with Crippen molar-refractivity contribution in [3.63, 3.8) is 0 Å². The average molecular weight is 168 g/mol. The van der Waals surface area contributed by atoms with E-state index >= 15 is 0 Å². The molecule has 0 aromatic heterocycles. The number of halogens is 1. The molecule has 0 atom stereocenters. The van der Waals surface area contributed by atoms with Gasteiger partial charge in [-0.2, -0.15) is 0 Å². The zero-order valence-corrected chi connectivity index (χ0v) is 6.71. The number of hydrogen-bond acceptors (Lipinski definition) is 2. The first-order valence-electron chi connectivity index (χ1n) is 3.70. The van der Waals surface area contributed by atoms with E-state index in [4.69, 9.17) is 0 Å². The molecular weight excluding hydrogens is 159 g/mol. The molecule has 0 unspecified atom stereocenters. The van der Waals surface area contributed by atoms with Crippen LogP contribution in [0.5, 0.6) is 0 Å². The maximum atomic E-state index is 11.5. The van der Waals surface area contributed by atoms with Gasteiger partial charge in [0.1, 0.15) is 0 Å². The molecule has 0 saturated heterocycles. The topological polar surface area (TPSA) is 26.3 Å². The summed E-state index contributed by atoms with van der Waals surface area (Å²) in [5.74, 6) is -0.924. The first-order chi connectivity index (χ1) is 5.79. The Balaban J connectivity index is 3.04. The number of rotatable bonds is 2. The Labute approximate surface area is 69.9 Å². The van der Waals surface area contributed by atoms with Gasteiger partial charge in [0.15, 0.2) is 0 Å². The SMILES string of the molecule is CCc1ccccc1C(=O)OF. The summed E-state index contributed by atoms with van der Waals surface area (Å²) < 4.78 is 11.5. The number of benzene rings is 1. The maximum Gasteiger partial charge on any atom is 0.379 e. The van der Waals surface area contributed by atoms with Gasteiger partial charge in [-0.15, -0.1) is 0 Å². The molecule has 0 N–H and O–H groups in total. The van der Waals surface area contributed by atoms with Gasteiger partial charge >= 0.3 is 5.97 Å². The fourth-order valence-electron chi connectivity index (χ4n) is 1.07. The van der Waals surface area contributed by atoms with Crippen molar-refractivity contribution in [2.45, 2.75) is 13.3 Å². The molecule has 0 amide bonds. The van der Waals surface area contributed by atoms with Crippen LogP contribution in [0.15, 0.2) is 24.3 Å². The van der Waals surface area contributed by atoms with Crippen LogP contribution in [0.25, 0.3) is 0 Å². The Hall–Kier alpha value is -1.38. The molecule has 0 bridgehead atoms. The predicted molar refractivity (Wildman–Crippen MR) is 42.3 cm³/mol. The highest BCUT2D eigenvalue weighted by Crippen LogP contribution is 2.10. The van der Waals surface area contributed by atoms with E-state index in [9.17, 15) is 9.32 Å². The van der Waals surface area contributed by atoms with E-state index < -0.39 is 5.97 Å².